The molecule has 0 bridgehead atoms. The highest BCUT2D eigenvalue weighted by atomic mass is 127. The smallest absolute Gasteiger partial charge is 0.193 e. The molecule has 1 saturated heterocycles. The number of aliphatic imine (C=N–C) groups is 1. The van der Waals surface area contributed by atoms with E-state index in [-0.39, 0.29) is 36.1 Å². The van der Waals surface area contributed by atoms with E-state index in [0.29, 0.717) is 32.3 Å². The molecule has 0 saturated carbocycles. The first-order chi connectivity index (χ1) is 13.0. The number of methoxy groups -OCH3 is 1. The Morgan fingerprint density at radius 2 is 1.75 bits per heavy atom. The maximum absolute atomic E-state index is 13.8. The minimum absolute atomic E-state index is 0. The summed E-state index contributed by atoms with van der Waals surface area (Å²) in [6.07, 6.45) is 2.54. The van der Waals surface area contributed by atoms with Crippen LogP contribution in [0.2, 0.25) is 0 Å². The molecule has 0 atom stereocenters. The summed E-state index contributed by atoms with van der Waals surface area (Å²) in [5.74, 6) is -5.24. The molecule has 0 aliphatic carbocycles. The van der Waals surface area contributed by atoms with E-state index in [1.54, 1.807) is 7.11 Å². The molecule has 1 heterocycles. The minimum atomic E-state index is -1.42. The van der Waals surface area contributed by atoms with Crippen LogP contribution in [0.3, 0.4) is 0 Å². The Morgan fingerprint density at radius 1 is 1.14 bits per heavy atom. The zero-order valence-corrected chi connectivity index (χ0v) is 18.3. The summed E-state index contributed by atoms with van der Waals surface area (Å²) in [5, 5.41) is 2.77. The number of hydrogen-bond acceptors (Lipinski definition) is 3. The second-order valence-corrected chi connectivity index (χ2v) is 6.25. The van der Waals surface area contributed by atoms with E-state index in [1.165, 1.54) is 7.05 Å². The number of halogens is 5. The normalized spacial score (nSPS) is 15.5. The van der Waals surface area contributed by atoms with Crippen molar-refractivity contribution >= 4 is 29.9 Å². The van der Waals surface area contributed by atoms with Crippen LogP contribution >= 0.6 is 24.0 Å². The maximum Gasteiger partial charge on any atom is 0.193 e. The number of rotatable bonds is 7. The van der Waals surface area contributed by atoms with Gasteiger partial charge in [-0.25, -0.2) is 17.6 Å². The Morgan fingerprint density at radius 3 is 2.29 bits per heavy atom. The fourth-order valence-electron chi connectivity index (χ4n) is 2.97. The quantitative estimate of drug-likeness (QED) is 0.150. The second kappa shape index (κ2) is 12.4. The van der Waals surface area contributed by atoms with Gasteiger partial charge in [0.05, 0.1) is 6.10 Å². The predicted octanol–water partition coefficient (Wildman–Crippen LogP) is 3.45. The van der Waals surface area contributed by atoms with Gasteiger partial charge in [-0.1, -0.05) is 0 Å². The maximum atomic E-state index is 13.8. The Hall–Kier alpha value is -1.14. The number of hydrogen-bond donors (Lipinski definition) is 1. The number of nitrogens with one attached hydrogen (secondary N) is 1. The zero-order chi connectivity index (χ0) is 19.8. The first kappa shape index (κ1) is 24.9. The van der Waals surface area contributed by atoms with E-state index in [9.17, 15) is 17.6 Å². The summed E-state index contributed by atoms with van der Waals surface area (Å²) in [7, 11) is 3.18. The number of likely N-dealkylation sites (tertiary alicyclic amines) is 1. The van der Waals surface area contributed by atoms with Gasteiger partial charge in [0, 0.05) is 58.6 Å². The van der Waals surface area contributed by atoms with E-state index in [1.807, 2.05) is 4.90 Å². The first-order valence-electron chi connectivity index (χ1n) is 8.86. The van der Waals surface area contributed by atoms with Gasteiger partial charge in [0.25, 0.3) is 0 Å². The van der Waals surface area contributed by atoms with Gasteiger partial charge in [-0.3, -0.25) is 4.99 Å². The molecular weight excluding hydrogens is 493 g/mol. The van der Waals surface area contributed by atoms with Crippen LogP contribution in [0, 0.1) is 23.3 Å². The third kappa shape index (κ3) is 6.73. The SMILES string of the molecule is CN=C(NCc1c(F)c(F)cc(F)c1F)N1CCC(OCCCOC)CC1.I. The van der Waals surface area contributed by atoms with Crippen molar-refractivity contribution in [2.45, 2.75) is 31.9 Å². The number of benzene rings is 1. The molecule has 1 aromatic rings. The van der Waals surface area contributed by atoms with Crippen LogP contribution in [-0.4, -0.2) is 57.4 Å². The molecule has 1 aliphatic rings. The lowest BCUT2D eigenvalue weighted by molar-refractivity contribution is 0.00989. The van der Waals surface area contributed by atoms with Gasteiger partial charge < -0.3 is 19.7 Å². The zero-order valence-electron chi connectivity index (χ0n) is 15.9. The lowest BCUT2D eigenvalue weighted by atomic mass is 10.1. The summed E-state index contributed by atoms with van der Waals surface area (Å²) >= 11 is 0. The van der Waals surface area contributed by atoms with Crippen molar-refractivity contribution in [1.82, 2.24) is 10.2 Å². The monoisotopic (exact) mass is 519 g/mol. The fraction of sp³-hybridized carbons (Fsp3) is 0.611. The summed E-state index contributed by atoms with van der Waals surface area (Å²) in [5.41, 5.74) is -0.690. The average Bonchev–Trinajstić information content (AvgIpc) is 2.67. The molecule has 1 fully saturated rings. The fourth-order valence-corrected chi connectivity index (χ4v) is 2.97. The molecule has 5 nitrogen and oxygen atoms in total. The van der Waals surface area contributed by atoms with Crippen LogP contribution in [0.4, 0.5) is 17.6 Å². The van der Waals surface area contributed by atoms with E-state index >= 15 is 0 Å². The topological polar surface area (TPSA) is 46.1 Å². The van der Waals surface area contributed by atoms with Crippen LogP contribution in [-0.2, 0) is 16.0 Å². The third-order valence-electron chi connectivity index (χ3n) is 4.43. The van der Waals surface area contributed by atoms with Crippen molar-refractivity contribution in [3.8, 4) is 0 Å². The molecule has 1 aromatic carbocycles. The summed E-state index contributed by atoms with van der Waals surface area (Å²) in [6, 6.07) is 0.195. The molecule has 160 valence electrons. The molecule has 0 radical (unpaired) electrons. The lowest BCUT2D eigenvalue weighted by Gasteiger charge is -2.34. The van der Waals surface area contributed by atoms with Crippen molar-refractivity contribution < 1.29 is 27.0 Å². The highest BCUT2D eigenvalue weighted by Crippen LogP contribution is 2.19. The van der Waals surface area contributed by atoms with Gasteiger partial charge in [0.15, 0.2) is 29.2 Å². The van der Waals surface area contributed by atoms with E-state index in [2.05, 4.69) is 10.3 Å². The number of ether oxygens (including phenoxy) is 2. The van der Waals surface area contributed by atoms with Crippen LogP contribution < -0.4 is 5.32 Å². The van der Waals surface area contributed by atoms with E-state index in [0.717, 1.165) is 19.3 Å². The molecule has 0 unspecified atom stereocenters. The number of guanidine groups is 1. The average molecular weight is 519 g/mol. The minimum Gasteiger partial charge on any atom is -0.385 e. The van der Waals surface area contributed by atoms with Crippen LogP contribution in [0.25, 0.3) is 0 Å². The standard InChI is InChI=1S/C18H25F4N3O2.HI/c1-23-18(24-11-13-16(21)14(19)10-15(20)17(13)22)25-6-4-12(5-7-25)27-9-3-8-26-2;/h10,12H,3-9,11H2,1-2H3,(H,23,24);1H. The van der Waals surface area contributed by atoms with Crippen LogP contribution in [0.5, 0.6) is 0 Å². The summed E-state index contributed by atoms with van der Waals surface area (Å²) in [4.78, 5) is 6.00. The van der Waals surface area contributed by atoms with E-state index in [4.69, 9.17) is 9.47 Å². The van der Waals surface area contributed by atoms with Crippen LogP contribution in [0.15, 0.2) is 11.1 Å². The lowest BCUT2D eigenvalue weighted by Crippen LogP contribution is -2.47. The van der Waals surface area contributed by atoms with Crippen LogP contribution in [0.1, 0.15) is 24.8 Å². The molecule has 1 N–H and O–H groups in total. The Labute approximate surface area is 179 Å². The summed E-state index contributed by atoms with van der Waals surface area (Å²) in [6.45, 7) is 2.18. The number of piperidine rings is 1. The van der Waals surface area contributed by atoms with Crippen molar-refractivity contribution in [3.05, 3.63) is 34.9 Å². The molecule has 0 amide bonds. The van der Waals surface area contributed by atoms with Crippen molar-refractivity contribution in [1.29, 1.82) is 0 Å². The molecule has 0 spiro atoms. The van der Waals surface area contributed by atoms with Crippen molar-refractivity contribution in [3.63, 3.8) is 0 Å². The third-order valence-corrected chi connectivity index (χ3v) is 4.43. The first-order valence-corrected chi connectivity index (χ1v) is 8.86. The van der Waals surface area contributed by atoms with Crippen molar-refractivity contribution in [2.75, 3.05) is 40.5 Å². The highest BCUT2D eigenvalue weighted by molar-refractivity contribution is 14.0. The van der Waals surface area contributed by atoms with Gasteiger partial charge in [0.1, 0.15) is 0 Å². The number of nitrogens with zero attached hydrogens (tertiary/aromatic N) is 2. The Bertz CT molecular complexity index is 630. The summed E-state index contributed by atoms with van der Waals surface area (Å²) < 4.78 is 64.9. The molecule has 28 heavy (non-hydrogen) atoms. The molecule has 1 aliphatic heterocycles. The Balaban J connectivity index is 0.00000392. The second-order valence-electron chi connectivity index (χ2n) is 6.25. The van der Waals surface area contributed by atoms with Gasteiger partial charge in [-0.05, 0) is 19.3 Å². The van der Waals surface area contributed by atoms with Crippen molar-refractivity contribution in [2.24, 2.45) is 4.99 Å². The van der Waals surface area contributed by atoms with Gasteiger partial charge >= 0.3 is 0 Å². The molecular formula is C18H26F4IN3O2. The predicted molar refractivity (Wildman–Crippen MR) is 109 cm³/mol. The Kier molecular flexibility index (Phi) is 11.1. The van der Waals surface area contributed by atoms with Gasteiger partial charge in [-0.2, -0.15) is 0 Å². The van der Waals surface area contributed by atoms with Gasteiger partial charge in [0.2, 0.25) is 0 Å². The highest BCUT2D eigenvalue weighted by Gasteiger charge is 2.23. The molecule has 2 rings (SSSR count). The van der Waals surface area contributed by atoms with Gasteiger partial charge in [-0.15, -0.1) is 24.0 Å². The molecule has 0 aromatic heterocycles. The molecule has 10 heteroatoms. The van der Waals surface area contributed by atoms with E-state index < -0.39 is 35.4 Å². The largest absolute Gasteiger partial charge is 0.385 e.